The number of fused-ring (bicyclic) bond motifs is 4. The van der Waals surface area contributed by atoms with E-state index in [9.17, 15) is 63.6 Å². The highest BCUT2D eigenvalue weighted by molar-refractivity contribution is 5.99. The maximum Gasteiger partial charge on any atom is 0.409 e. The van der Waals surface area contributed by atoms with Crippen LogP contribution in [0.15, 0.2) is 146 Å². The van der Waals surface area contributed by atoms with Crippen LogP contribution in [0.1, 0.15) is 229 Å². The fourth-order valence-corrected chi connectivity index (χ4v) is 21.8. The van der Waals surface area contributed by atoms with Crippen molar-refractivity contribution in [1.82, 2.24) is 68.6 Å². The first kappa shape index (κ1) is 113. The minimum absolute atomic E-state index is 0.00458. The molecule has 0 aromatic heterocycles. The summed E-state index contributed by atoms with van der Waals surface area (Å²) in [5, 5.41) is 39.6. The number of hydrogen-bond acceptors (Lipinski definition) is 24. The predicted octanol–water partition coefficient (Wildman–Crippen LogP) is 14.3. The van der Waals surface area contributed by atoms with E-state index in [-0.39, 0.29) is 123 Å². The van der Waals surface area contributed by atoms with Gasteiger partial charge in [0.25, 0.3) is 23.6 Å². The lowest BCUT2D eigenvalue weighted by Crippen LogP contribution is -2.54. The second kappa shape index (κ2) is 49.5. The number of hydrogen-bond donors (Lipinski definition) is 4. The molecule has 150 heavy (non-hydrogen) atoms. The minimum Gasteiger partial charge on any atom is -0.504 e. The first-order chi connectivity index (χ1) is 71.5. The summed E-state index contributed by atoms with van der Waals surface area (Å²) in [4.78, 5) is 144. The molecule has 0 bridgehead atoms. The number of rotatable bonds is 30. The molecule has 5 fully saturated rings. The number of likely N-dealkylation sites (tertiary alicyclic amines) is 1. The molecular formula is C118H158N14O18. The second-order valence-corrected chi connectivity index (χ2v) is 44.1. The van der Waals surface area contributed by atoms with Crippen molar-refractivity contribution in [3.8, 4) is 46.0 Å². The molecule has 8 aromatic rings. The van der Waals surface area contributed by atoms with Gasteiger partial charge < -0.3 is 88.1 Å². The van der Waals surface area contributed by atoms with Crippen LogP contribution in [-0.4, -0.2) is 344 Å². The van der Waals surface area contributed by atoms with Gasteiger partial charge in [0.05, 0.1) is 47.6 Å². The van der Waals surface area contributed by atoms with Crippen LogP contribution in [0.4, 0.5) is 4.79 Å². The lowest BCUT2D eigenvalue weighted by molar-refractivity contribution is -0.137. The van der Waals surface area contributed by atoms with E-state index >= 15 is 0 Å². The zero-order valence-corrected chi connectivity index (χ0v) is 91.4. The molecule has 8 aromatic carbocycles. The lowest BCUT2D eigenvalue weighted by atomic mass is 9.93. The number of benzene rings is 8. The normalized spacial score (nSPS) is 17.4. The Bertz CT molecular complexity index is 6150. The summed E-state index contributed by atoms with van der Waals surface area (Å²) >= 11 is 0. The van der Waals surface area contributed by atoms with Gasteiger partial charge in [0, 0.05) is 214 Å². The van der Waals surface area contributed by atoms with Gasteiger partial charge in [-0.2, -0.15) is 0 Å². The van der Waals surface area contributed by atoms with Gasteiger partial charge >= 0.3 is 6.09 Å². The van der Waals surface area contributed by atoms with Crippen molar-refractivity contribution in [2.75, 3.05) is 168 Å². The summed E-state index contributed by atoms with van der Waals surface area (Å²) in [7, 11) is 13.5. The van der Waals surface area contributed by atoms with E-state index in [2.05, 4.69) is 104 Å². The van der Waals surface area contributed by atoms with Crippen LogP contribution in [-0.2, 0) is 102 Å². The molecule has 9 heterocycles. The number of Topliss-reactive ketones (excluding diaryl/α,β-unsaturated/α-hetero) is 1. The Morgan fingerprint density at radius 3 is 0.887 bits per heavy atom. The average Bonchev–Trinajstić information content (AvgIpc) is 1.64. The predicted molar refractivity (Wildman–Crippen MR) is 577 cm³/mol. The molecule has 4 N–H and O–H groups in total. The number of phenolic OH excluding ortho intramolecular Hbond substituents is 4. The molecule has 32 heteroatoms. The van der Waals surface area contributed by atoms with Crippen LogP contribution in [0, 0.1) is 0 Å². The Morgan fingerprint density at radius 2 is 0.627 bits per heavy atom. The maximum atomic E-state index is 13.7. The topological polar surface area (TPSA) is 326 Å². The van der Waals surface area contributed by atoms with E-state index < -0.39 is 0 Å². The second-order valence-electron chi connectivity index (χ2n) is 44.1. The van der Waals surface area contributed by atoms with E-state index in [0.717, 1.165) is 183 Å². The third-order valence-electron chi connectivity index (χ3n) is 32.7. The highest BCUT2D eigenvalue weighted by Crippen LogP contribution is 2.43. The molecule has 0 aliphatic carbocycles. The van der Waals surface area contributed by atoms with Crippen molar-refractivity contribution in [3.63, 3.8) is 0 Å². The molecular weight excluding hydrogens is 1900 g/mol. The largest absolute Gasteiger partial charge is 0.504 e. The third kappa shape index (κ3) is 27.0. The summed E-state index contributed by atoms with van der Waals surface area (Å²) in [6.07, 6.45) is 9.29. The number of aryl methyl sites for hydroxylation is 4. The van der Waals surface area contributed by atoms with Crippen molar-refractivity contribution in [3.05, 3.63) is 235 Å². The maximum absolute atomic E-state index is 13.7. The van der Waals surface area contributed by atoms with Gasteiger partial charge in [0.2, 0.25) is 17.7 Å². The Morgan fingerprint density at radius 1 is 0.353 bits per heavy atom. The highest BCUT2D eigenvalue weighted by Gasteiger charge is 2.43. The van der Waals surface area contributed by atoms with Gasteiger partial charge in [-0.15, -0.1) is 0 Å². The first-order valence-electron chi connectivity index (χ1n) is 53.1. The molecule has 8 amide bonds. The van der Waals surface area contributed by atoms with E-state index in [1.54, 1.807) is 62.5 Å². The number of carbonyl (C=O) groups is 9. The molecule has 32 nitrogen and oxygen atoms in total. The molecule has 9 aliphatic heterocycles. The number of methoxy groups -OCH3 is 5. The summed E-state index contributed by atoms with van der Waals surface area (Å²) in [5.74, 6) is 3.08. The van der Waals surface area contributed by atoms with Crippen LogP contribution in [0.2, 0.25) is 0 Å². The average molecular weight is 2060 g/mol. The van der Waals surface area contributed by atoms with Crippen molar-refractivity contribution in [2.24, 2.45) is 0 Å². The monoisotopic (exact) mass is 2060 g/mol. The number of nitrogens with zero attached hydrogens (tertiary/aromatic N) is 14. The molecule has 0 saturated carbocycles. The minimum atomic E-state index is -0.346. The SMILES string of the molecule is COC(=O)N1CCN(C(=O)c2cccc3c2CN(C(C)(C)CCc2ccc(O)c(OC)c2)C3)CC1.COc1cc(CCC(C)(C)N2Cc3cccc(C(=O)N4CCN(C(=O)CCC(C)=O)CC4)c3C2)ccc1O.COc1cc(CCC(C)(C)N2Cc3cccc(C(=O)N4CCN(C(=O)[C@@H]5CCCN5C)CC4)c3C2)ccc1O.COc1cc(CCC(C)(C)N2Cc3cccc(C(=O)N4CCN(C(=O)[C@H](C)N(C)C)CC4)c3C2)ccc1O. The van der Waals surface area contributed by atoms with E-state index in [1.807, 2.05) is 159 Å². The molecule has 0 spiro atoms. The van der Waals surface area contributed by atoms with Crippen LogP contribution in [0.5, 0.6) is 46.0 Å². The summed E-state index contributed by atoms with van der Waals surface area (Å²) in [6.45, 7) is 37.1. The lowest BCUT2D eigenvalue weighted by Gasteiger charge is -2.37. The number of likely N-dealkylation sites (N-methyl/N-ethyl adjacent to an activating group) is 2. The number of carbonyl (C=O) groups excluding carboxylic acids is 9. The number of phenols is 4. The van der Waals surface area contributed by atoms with Gasteiger partial charge in [0.15, 0.2) is 46.0 Å². The number of ether oxygens (including phenoxy) is 5. The fraction of sp³-hybridized carbons (Fsp3) is 0.517. The zero-order chi connectivity index (χ0) is 108. The van der Waals surface area contributed by atoms with Crippen molar-refractivity contribution < 1.29 is 87.3 Å². The first-order valence-corrected chi connectivity index (χ1v) is 53.1. The van der Waals surface area contributed by atoms with Crippen molar-refractivity contribution in [2.45, 2.75) is 233 Å². The standard InChI is InChI=1S/C31H42N4O4.C30H42N4O4.C30H39N3O5.C27H35N3O5/c1-31(2,13-12-22-10-11-27(36)28(19-22)39-4)35-20-23-7-5-8-24(25(23)21-35)29(37)33-15-17-34(18-16-33)30(38)26-9-6-14-32(26)3;1-21(31(4)5)28(36)32-14-16-33(17-15-32)29(37)24-9-7-8-23-19-34(20-25(23)24)30(2,3)13-12-22-10-11-26(35)27(18-22)38-6;1-21(34)8-11-28(36)31-14-16-32(17-15-31)29(37)24-7-5-6-23-19-33(20-25(23)24)30(2,3)13-12-22-9-10-26(35)27(18-22)38-4;1-27(2,11-10-19-8-9-23(31)24(16-19)34-3)30-17-20-6-5-7-21(22(20)18-30)25(32)28-12-14-29(15-13-28)26(33)35-4/h5,7-8,10-11,19,26,36H,6,9,12-18,20-21H2,1-4H3;7-11,18,21,35H,12-17,19-20H2,1-6H3;5-7,9-10,18,35H,8,11-17,19-20H2,1-4H3;5-9,16,31H,10-15,17-18H2,1-4H3/t26-;21-;;/m00../s1. The summed E-state index contributed by atoms with van der Waals surface area (Å²) in [6, 6.07) is 46.1. The number of amides is 8. The van der Waals surface area contributed by atoms with Crippen molar-refractivity contribution in [1.29, 1.82) is 0 Å². The Labute approximate surface area is 885 Å². The van der Waals surface area contributed by atoms with E-state index in [1.165, 1.54) is 36.3 Å². The zero-order valence-electron chi connectivity index (χ0n) is 91.4. The van der Waals surface area contributed by atoms with Gasteiger partial charge in [-0.05, 0) is 301 Å². The van der Waals surface area contributed by atoms with Gasteiger partial charge in [-0.3, -0.25) is 63.0 Å². The van der Waals surface area contributed by atoms with Crippen LogP contribution in [0.25, 0.3) is 0 Å². The number of piperazine rings is 4. The van der Waals surface area contributed by atoms with E-state index in [4.69, 9.17) is 23.7 Å². The number of aromatic hydroxyl groups is 4. The van der Waals surface area contributed by atoms with Gasteiger partial charge in [-0.1, -0.05) is 72.8 Å². The molecule has 2 atom stereocenters. The fourth-order valence-electron chi connectivity index (χ4n) is 21.8. The molecule has 0 radical (unpaired) electrons. The molecule has 5 saturated heterocycles. The summed E-state index contributed by atoms with van der Waals surface area (Å²) < 4.78 is 25.8. The molecule has 0 unspecified atom stereocenters. The smallest absolute Gasteiger partial charge is 0.409 e. The molecule has 17 rings (SSSR count). The Balaban J connectivity index is 0.000000158. The molecule has 808 valence electrons. The Hall–Kier alpha value is -12.9. The summed E-state index contributed by atoms with van der Waals surface area (Å²) in [5.41, 5.74) is 16.5. The van der Waals surface area contributed by atoms with Crippen LogP contribution < -0.4 is 18.9 Å². The van der Waals surface area contributed by atoms with Crippen LogP contribution in [0.3, 0.4) is 0 Å². The molecule has 9 aliphatic rings. The van der Waals surface area contributed by atoms with Crippen molar-refractivity contribution >= 4 is 53.2 Å². The quantitative estimate of drug-likeness (QED) is 0.0325. The highest BCUT2D eigenvalue weighted by atomic mass is 16.5. The Kier molecular flexibility index (Phi) is 37.2. The van der Waals surface area contributed by atoms with E-state index in [0.29, 0.717) is 134 Å². The van der Waals surface area contributed by atoms with Gasteiger partial charge in [0.1, 0.15) is 5.78 Å². The number of ketones is 1. The van der Waals surface area contributed by atoms with Gasteiger partial charge in [-0.25, -0.2) is 4.79 Å². The third-order valence-corrected chi connectivity index (χ3v) is 32.7. The van der Waals surface area contributed by atoms with Crippen LogP contribution >= 0.6 is 0 Å².